The number of allylic oxidation sites excluding steroid dienone is 2. The van der Waals surface area contributed by atoms with Gasteiger partial charge in [0.05, 0.1) is 11.9 Å². The second kappa shape index (κ2) is 7.98. The van der Waals surface area contributed by atoms with Crippen molar-refractivity contribution in [1.82, 2.24) is 0 Å². The molecule has 3 nitrogen and oxygen atoms in total. The van der Waals surface area contributed by atoms with Crippen LogP contribution >= 0.6 is 0 Å². The zero-order valence-electron chi connectivity index (χ0n) is 14.0. The second-order valence-corrected chi connectivity index (χ2v) is 7.42. The summed E-state index contributed by atoms with van der Waals surface area (Å²) in [6.07, 6.45) is 8.16. The summed E-state index contributed by atoms with van der Waals surface area (Å²) >= 11 is 0. The number of unbranched alkanes of at least 4 members (excludes halogenated alkanes) is 1. The molecule has 122 valence electrons. The van der Waals surface area contributed by atoms with Crippen LogP contribution in [0.4, 0.5) is 0 Å². The number of rotatable bonds is 8. The van der Waals surface area contributed by atoms with Crippen molar-refractivity contribution in [2.24, 2.45) is 23.2 Å². The Hall–Kier alpha value is -0.830. The average molecular weight is 296 g/mol. The molecule has 1 aliphatic carbocycles. The van der Waals surface area contributed by atoms with Gasteiger partial charge in [-0.15, -0.1) is 0 Å². The van der Waals surface area contributed by atoms with Crippen LogP contribution in [0.25, 0.3) is 0 Å². The predicted molar refractivity (Wildman–Crippen MR) is 86.1 cm³/mol. The van der Waals surface area contributed by atoms with Gasteiger partial charge < -0.3 is 15.0 Å². The Morgan fingerprint density at radius 3 is 2.62 bits per heavy atom. The highest BCUT2D eigenvalue weighted by atomic mass is 16.3. The van der Waals surface area contributed by atoms with Gasteiger partial charge in [0.1, 0.15) is 6.29 Å². The molecule has 0 aromatic heterocycles. The molecule has 1 aliphatic rings. The summed E-state index contributed by atoms with van der Waals surface area (Å²) in [5, 5.41) is 20.5. The number of aldehydes is 1. The molecule has 4 atom stereocenters. The topological polar surface area (TPSA) is 57.5 Å². The molecule has 21 heavy (non-hydrogen) atoms. The molecule has 1 fully saturated rings. The van der Waals surface area contributed by atoms with E-state index in [1.807, 2.05) is 13.0 Å². The van der Waals surface area contributed by atoms with E-state index in [0.29, 0.717) is 12.2 Å². The molecule has 1 rings (SSSR count). The van der Waals surface area contributed by atoms with E-state index in [9.17, 15) is 15.0 Å². The van der Waals surface area contributed by atoms with E-state index in [0.717, 1.165) is 25.5 Å². The lowest BCUT2D eigenvalue weighted by Crippen LogP contribution is -2.28. The minimum Gasteiger partial charge on any atom is -0.512 e. The molecule has 0 aromatic carbocycles. The number of aliphatic hydroxyl groups excluding tert-OH is 2. The van der Waals surface area contributed by atoms with Crippen molar-refractivity contribution in [2.75, 3.05) is 0 Å². The molecule has 0 radical (unpaired) electrons. The van der Waals surface area contributed by atoms with Crippen LogP contribution in [0.5, 0.6) is 0 Å². The van der Waals surface area contributed by atoms with Crippen LogP contribution in [0.1, 0.15) is 66.2 Å². The fourth-order valence-corrected chi connectivity index (χ4v) is 3.45. The van der Waals surface area contributed by atoms with E-state index < -0.39 is 6.10 Å². The summed E-state index contributed by atoms with van der Waals surface area (Å²) in [6, 6.07) is 0. The van der Waals surface area contributed by atoms with E-state index in [-0.39, 0.29) is 23.2 Å². The number of carbonyl (C=O) groups is 1. The summed E-state index contributed by atoms with van der Waals surface area (Å²) < 4.78 is 0. The van der Waals surface area contributed by atoms with Crippen LogP contribution in [0.3, 0.4) is 0 Å². The van der Waals surface area contributed by atoms with Crippen LogP contribution in [0, 0.1) is 23.2 Å². The Morgan fingerprint density at radius 2 is 2.05 bits per heavy atom. The van der Waals surface area contributed by atoms with Gasteiger partial charge in [0.15, 0.2) is 0 Å². The van der Waals surface area contributed by atoms with Gasteiger partial charge in [-0.05, 0) is 37.2 Å². The fourth-order valence-electron chi connectivity index (χ4n) is 3.45. The molecule has 0 heterocycles. The first-order valence-corrected chi connectivity index (χ1v) is 8.34. The van der Waals surface area contributed by atoms with Gasteiger partial charge >= 0.3 is 0 Å². The Morgan fingerprint density at radius 1 is 1.38 bits per heavy atom. The molecular formula is C18H32O3. The standard InChI is InChI=1S/C18H32O3/c1-5-6-10-18(3,4)11-9-15(20)14-7-8-16(21)17(14)13(2)12-19/h9,12-14,16-17,20-21H,5-8,10-11H2,1-4H3/t13-,14+,16-,17+/m1/s1. The molecule has 0 amide bonds. The van der Waals surface area contributed by atoms with E-state index in [1.54, 1.807) is 0 Å². The summed E-state index contributed by atoms with van der Waals surface area (Å²) in [5.74, 6) is -0.0503. The Kier molecular flexibility index (Phi) is 6.92. The number of hydrogen-bond acceptors (Lipinski definition) is 3. The first-order chi connectivity index (χ1) is 9.82. The van der Waals surface area contributed by atoms with E-state index in [1.165, 1.54) is 12.8 Å². The minimum atomic E-state index is -0.473. The molecule has 0 saturated heterocycles. The fraction of sp³-hybridized carbons (Fsp3) is 0.833. The van der Waals surface area contributed by atoms with Gasteiger partial charge in [0.25, 0.3) is 0 Å². The normalized spacial score (nSPS) is 28.6. The average Bonchev–Trinajstić information content (AvgIpc) is 2.84. The van der Waals surface area contributed by atoms with Crippen LogP contribution in [-0.4, -0.2) is 22.6 Å². The number of aliphatic hydroxyl groups is 2. The summed E-state index contributed by atoms with van der Waals surface area (Å²) in [6.45, 7) is 8.47. The maximum atomic E-state index is 11.0. The third-order valence-electron chi connectivity index (χ3n) is 4.95. The molecule has 0 spiro atoms. The summed E-state index contributed by atoms with van der Waals surface area (Å²) in [7, 11) is 0. The lowest BCUT2D eigenvalue weighted by molar-refractivity contribution is -0.113. The molecule has 2 N–H and O–H groups in total. The van der Waals surface area contributed by atoms with Gasteiger partial charge in [-0.1, -0.05) is 40.5 Å². The predicted octanol–water partition coefficient (Wildman–Crippen LogP) is 4.26. The quantitative estimate of drug-likeness (QED) is 0.520. The van der Waals surface area contributed by atoms with Crippen LogP contribution in [0.15, 0.2) is 11.8 Å². The van der Waals surface area contributed by atoms with Crippen LogP contribution in [0.2, 0.25) is 0 Å². The smallest absolute Gasteiger partial charge is 0.123 e. The lowest BCUT2D eigenvalue weighted by atomic mass is 9.80. The van der Waals surface area contributed by atoms with Gasteiger partial charge in [0, 0.05) is 17.8 Å². The van der Waals surface area contributed by atoms with Crippen LogP contribution in [-0.2, 0) is 4.79 Å². The van der Waals surface area contributed by atoms with Gasteiger partial charge in [-0.25, -0.2) is 0 Å². The van der Waals surface area contributed by atoms with Crippen molar-refractivity contribution >= 4 is 6.29 Å². The highest BCUT2D eigenvalue weighted by Crippen LogP contribution is 2.41. The van der Waals surface area contributed by atoms with Crippen molar-refractivity contribution in [2.45, 2.75) is 72.3 Å². The Balaban J connectivity index is 2.70. The third-order valence-corrected chi connectivity index (χ3v) is 4.95. The number of carbonyl (C=O) groups excluding carboxylic acids is 1. The lowest BCUT2D eigenvalue weighted by Gasteiger charge is -2.26. The first kappa shape index (κ1) is 18.2. The maximum absolute atomic E-state index is 11.0. The third kappa shape index (κ3) is 5.14. The van der Waals surface area contributed by atoms with Crippen molar-refractivity contribution in [3.8, 4) is 0 Å². The van der Waals surface area contributed by atoms with Crippen molar-refractivity contribution in [3.63, 3.8) is 0 Å². The van der Waals surface area contributed by atoms with Gasteiger partial charge in [0.2, 0.25) is 0 Å². The van der Waals surface area contributed by atoms with Gasteiger partial charge in [-0.3, -0.25) is 0 Å². The number of hydrogen-bond donors (Lipinski definition) is 2. The van der Waals surface area contributed by atoms with E-state index in [2.05, 4.69) is 20.8 Å². The molecular weight excluding hydrogens is 264 g/mol. The van der Waals surface area contributed by atoms with Crippen LogP contribution < -0.4 is 0 Å². The molecule has 0 aromatic rings. The Labute approximate surface area is 129 Å². The minimum absolute atomic E-state index is 0.0674. The zero-order chi connectivity index (χ0) is 16.0. The van der Waals surface area contributed by atoms with Crippen molar-refractivity contribution < 1.29 is 15.0 Å². The molecule has 0 unspecified atom stereocenters. The molecule has 0 aliphatic heterocycles. The summed E-state index contributed by atoms with van der Waals surface area (Å²) in [5.41, 5.74) is 0.187. The Bertz CT molecular complexity index is 359. The maximum Gasteiger partial charge on any atom is 0.123 e. The first-order valence-electron chi connectivity index (χ1n) is 8.34. The molecule has 1 saturated carbocycles. The second-order valence-electron chi connectivity index (χ2n) is 7.42. The monoisotopic (exact) mass is 296 g/mol. The SMILES string of the molecule is CCCCC(C)(C)CC=C(O)[C@@H]1CC[C@@H](O)[C@H]1[C@H](C)C=O. The molecule has 3 heteroatoms. The zero-order valence-corrected chi connectivity index (χ0v) is 14.0. The van der Waals surface area contributed by atoms with Gasteiger partial charge in [-0.2, -0.15) is 0 Å². The van der Waals surface area contributed by atoms with E-state index >= 15 is 0 Å². The largest absolute Gasteiger partial charge is 0.512 e. The summed E-state index contributed by atoms with van der Waals surface area (Å²) in [4.78, 5) is 11.0. The van der Waals surface area contributed by atoms with E-state index in [4.69, 9.17) is 0 Å². The highest BCUT2D eigenvalue weighted by Gasteiger charge is 2.40. The van der Waals surface area contributed by atoms with Crippen molar-refractivity contribution in [1.29, 1.82) is 0 Å². The highest BCUT2D eigenvalue weighted by molar-refractivity contribution is 5.54. The van der Waals surface area contributed by atoms with Crippen molar-refractivity contribution in [3.05, 3.63) is 11.8 Å². The molecule has 0 bridgehead atoms.